The molecule has 1 saturated heterocycles. The molecule has 10 heteroatoms. The molecule has 2 aromatic carbocycles. The standard InChI is InChI=1S/C24H24Cl2N2O6/c1-14(2)12-33-23(31)15-3-6-18(7-4-15)27-21(29)13-34-24(32)16-9-22(30)28(11-16)20-10-17(25)5-8-19(20)26/h3-8,10,14,16H,9,11-13H2,1-2H3,(H,27,29)/t16-/m0/s1. The van der Waals surface area contributed by atoms with E-state index in [-0.39, 0.29) is 24.8 Å². The highest BCUT2D eigenvalue weighted by atomic mass is 35.5. The number of halogens is 2. The van der Waals surface area contributed by atoms with Crippen molar-refractivity contribution in [3.63, 3.8) is 0 Å². The van der Waals surface area contributed by atoms with Gasteiger partial charge in [0, 0.05) is 23.7 Å². The lowest BCUT2D eigenvalue weighted by Crippen LogP contribution is -2.28. The molecule has 0 spiro atoms. The second-order valence-corrected chi connectivity index (χ2v) is 9.07. The fourth-order valence-corrected chi connectivity index (χ4v) is 3.64. The van der Waals surface area contributed by atoms with Crippen molar-refractivity contribution in [3.05, 3.63) is 58.1 Å². The van der Waals surface area contributed by atoms with E-state index in [2.05, 4.69) is 5.32 Å². The monoisotopic (exact) mass is 506 g/mol. The van der Waals surface area contributed by atoms with Crippen LogP contribution in [0.1, 0.15) is 30.6 Å². The number of carbonyl (C=O) groups is 4. The highest BCUT2D eigenvalue weighted by molar-refractivity contribution is 6.35. The van der Waals surface area contributed by atoms with Crippen LogP contribution in [0.5, 0.6) is 0 Å². The van der Waals surface area contributed by atoms with E-state index >= 15 is 0 Å². The van der Waals surface area contributed by atoms with Crippen LogP contribution in [0.3, 0.4) is 0 Å². The van der Waals surface area contributed by atoms with Gasteiger partial charge in [-0.2, -0.15) is 0 Å². The molecule has 0 unspecified atom stereocenters. The van der Waals surface area contributed by atoms with E-state index in [1.54, 1.807) is 30.3 Å². The molecule has 1 atom stereocenters. The molecule has 1 fully saturated rings. The van der Waals surface area contributed by atoms with E-state index in [4.69, 9.17) is 32.7 Å². The third-order valence-corrected chi connectivity index (χ3v) is 5.51. The summed E-state index contributed by atoms with van der Waals surface area (Å²) in [6, 6.07) is 10.9. The summed E-state index contributed by atoms with van der Waals surface area (Å²) in [6.07, 6.45) is -0.0579. The molecule has 0 saturated carbocycles. The van der Waals surface area contributed by atoms with E-state index in [0.717, 1.165) is 0 Å². The third kappa shape index (κ3) is 6.71. The Morgan fingerprint density at radius 2 is 1.79 bits per heavy atom. The van der Waals surface area contributed by atoms with Gasteiger partial charge in [0.2, 0.25) is 5.91 Å². The summed E-state index contributed by atoms with van der Waals surface area (Å²) in [4.78, 5) is 50.3. The third-order valence-electron chi connectivity index (χ3n) is 4.95. The molecule has 0 bridgehead atoms. The Morgan fingerprint density at radius 3 is 2.47 bits per heavy atom. The number of hydrogen-bond donors (Lipinski definition) is 1. The molecule has 180 valence electrons. The maximum atomic E-state index is 12.4. The lowest BCUT2D eigenvalue weighted by atomic mass is 10.1. The van der Waals surface area contributed by atoms with Crippen LogP contribution in [-0.2, 0) is 23.9 Å². The molecule has 34 heavy (non-hydrogen) atoms. The second kappa shape index (κ2) is 11.4. The highest BCUT2D eigenvalue weighted by Crippen LogP contribution is 2.33. The number of amides is 2. The molecule has 1 heterocycles. The maximum absolute atomic E-state index is 12.4. The van der Waals surface area contributed by atoms with Crippen molar-refractivity contribution in [1.82, 2.24) is 0 Å². The number of nitrogens with one attached hydrogen (secondary N) is 1. The van der Waals surface area contributed by atoms with Crippen molar-refractivity contribution in [2.45, 2.75) is 20.3 Å². The largest absolute Gasteiger partial charge is 0.462 e. The van der Waals surface area contributed by atoms with Gasteiger partial charge in [0.05, 0.1) is 28.8 Å². The fourth-order valence-electron chi connectivity index (χ4n) is 3.26. The van der Waals surface area contributed by atoms with Gasteiger partial charge < -0.3 is 19.7 Å². The number of benzene rings is 2. The molecule has 0 aliphatic carbocycles. The first-order valence-corrected chi connectivity index (χ1v) is 11.4. The van der Waals surface area contributed by atoms with Gasteiger partial charge in [-0.05, 0) is 48.4 Å². The highest BCUT2D eigenvalue weighted by Gasteiger charge is 2.37. The molecule has 0 radical (unpaired) electrons. The van der Waals surface area contributed by atoms with Crippen molar-refractivity contribution < 1.29 is 28.7 Å². The smallest absolute Gasteiger partial charge is 0.338 e. The number of nitrogens with zero attached hydrogens (tertiary/aromatic N) is 1. The summed E-state index contributed by atoms with van der Waals surface area (Å²) in [7, 11) is 0. The topological polar surface area (TPSA) is 102 Å². The van der Waals surface area contributed by atoms with Crippen molar-refractivity contribution >= 4 is 58.3 Å². The maximum Gasteiger partial charge on any atom is 0.338 e. The number of hydrogen-bond acceptors (Lipinski definition) is 6. The van der Waals surface area contributed by atoms with Gasteiger partial charge in [0.25, 0.3) is 5.91 Å². The van der Waals surface area contributed by atoms with Gasteiger partial charge in [-0.3, -0.25) is 14.4 Å². The number of esters is 2. The Kier molecular flexibility index (Phi) is 8.52. The summed E-state index contributed by atoms with van der Waals surface area (Å²) in [5, 5.41) is 3.33. The first kappa shape index (κ1) is 25.5. The Morgan fingerprint density at radius 1 is 1.09 bits per heavy atom. The molecule has 8 nitrogen and oxygen atoms in total. The summed E-state index contributed by atoms with van der Waals surface area (Å²) in [5.41, 5.74) is 1.21. The SMILES string of the molecule is CC(C)COC(=O)c1ccc(NC(=O)COC(=O)[C@H]2CC(=O)N(c3cc(Cl)ccc3Cl)C2)cc1. The van der Waals surface area contributed by atoms with Crippen LogP contribution in [0.25, 0.3) is 0 Å². The van der Waals surface area contributed by atoms with Crippen molar-refractivity contribution in [1.29, 1.82) is 0 Å². The van der Waals surface area contributed by atoms with E-state index in [9.17, 15) is 19.2 Å². The van der Waals surface area contributed by atoms with Crippen LogP contribution in [0.15, 0.2) is 42.5 Å². The quantitative estimate of drug-likeness (QED) is 0.534. The second-order valence-electron chi connectivity index (χ2n) is 8.23. The van der Waals surface area contributed by atoms with Gasteiger partial charge in [0.1, 0.15) is 0 Å². The van der Waals surface area contributed by atoms with Crippen LogP contribution in [-0.4, -0.2) is 43.5 Å². The van der Waals surface area contributed by atoms with Gasteiger partial charge >= 0.3 is 11.9 Å². The summed E-state index contributed by atoms with van der Waals surface area (Å²) in [5.74, 6) is -2.45. The van der Waals surface area contributed by atoms with Gasteiger partial charge in [-0.25, -0.2) is 4.79 Å². The van der Waals surface area contributed by atoms with Crippen molar-refractivity contribution in [2.75, 3.05) is 30.0 Å². The molecule has 1 aliphatic rings. The van der Waals surface area contributed by atoms with Gasteiger partial charge in [-0.15, -0.1) is 0 Å². The molecule has 2 amide bonds. The molecule has 1 aliphatic heterocycles. The van der Waals surface area contributed by atoms with Crippen LogP contribution < -0.4 is 10.2 Å². The predicted molar refractivity (Wildman–Crippen MR) is 128 cm³/mol. The summed E-state index contributed by atoms with van der Waals surface area (Å²) < 4.78 is 10.3. The van der Waals surface area contributed by atoms with E-state index in [0.29, 0.717) is 33.6 Å². The minimum absolute atomic E-state index is 0.0579. The van der Waals surface area contributed by atoms with Crippen LogP contribution in [0.2, 0.25) is 10.0 Å². The van der Waals surface area contributed by atoms with Crippen LogP contribution in [0.4, 0.5) is 11.4 Å². The number of ether oxygens (including phenoxy) is 2. The fraction of sp³-hybridized carbons (Fsp3) is 0.333. The van der Waals surface area contributed by atoms with Crippen molar-refractivity contribution in [3.8, 4) is 0 Å². The van der Waals surface area contributed by atoms with E-state index < -0.39 is 30.4 Å². The number of anilines is 2. The minimum Gasteiger partial charge on any atom is -0.462 e. The molecular weight excluding hydrogens is 483 g/mol. The summed E-state index contributed by atoms with van der Waals surface area (Å²) >= 11 is 12.1. The lowest BCUT2D eigenvalue weighted by Gasteiger charge is -2.18. The molecule has 2 aromatic rings. The van der Waals surface area contributed by atoms with E-state index in [1.165, 1.54) is 17.0 Å². The number of rotatable bonds is 8. The first-order chi connectivity index (χ1) is 16.1. The molecule has 1 N–H and O–H groups in total. The minimum atomic E-state index is -0.730. The lowest BCUT2D eigenvalue weighted by molar-refractivity contribution is -0.151. The Balaban J connectivity index is 1.48. The zero-order valence-corrected chi connectivity index (χ0v) is 20.2. The van der Waals surface area contributed by atoms with Gasteiger partial charge in [0.15, 0.2) is 6.61 Å². The average Bonchev–Trinajstić information content (AvgIpc) is 3.19. The zero-order valence-electron chi connectivity index (χ0n) is 18.7. The van der Waals surface area contributed by atoms with Crippen LogP contribution in [0, 0.1) is 11.8 Å². The molecule has 0 aromatic heterocycles. The van der Waals surface area contributed by atoms with Crippen LogP contribution >= 0.6 is 23.2 Å². The summed E-state index contributed by atoms with van der Waals surface area (Å²) in [6.45, 7) is 3.76. The predicted octanol–water partition coefficient (Wildman–Crippen LogP) is 4.34. The normalized spacial score (nSPS) is 15.4. The Hall–Kier alpha value is -3.10. The Labute approximate surface area is 207 Å². The first-order valence-electron chi connectivity index (χ1n) is 10.6. The molecule has 3 rings (SSSR count). The average molecular weight is 507 g/mol. The van der Waals surface area contributed by atoms with Crippen molar-refractivity contribution in [2.24, 2.45) is 11.8 Å². The number of carbonyl (C=O) groups excluding carboxylic acids is 4. The van der Waals surface area contributed by atoms with Gasteiger partial charge in [-0.1, -0.05) is 37.0 Å². The molecular formula is C24H24Cl2N2O6. The Bertz CT molecular complexity index is 1090. The zero-order chi connectivity index (χ0) is 24.8. The van der Waals surface area contributed by atoms with E-state index in [1.807, 2.05) is 13.8 Å².